The topological polar surface area (TPSA) is 109 Å². The van der Waals surface area contributed by atoms with Gasteiger partial charge in [0.15, 0.2) is 11.1 Å². The molecule has 8 heteroatoms. The molecule has 2 aromatic carbocycles. The summed E-state index contributed by atoms with van der Waals surface area (Å²) in [4.78, 5) is 13.3. The van der Waals surface area contributed by atoms with Gasteiger partial charge in [-0.3, -0.25) is 4.98 Å². The number of para-hydroxylation sites is 2. The van der Waals surface area contributed by atoms with Gasteiger partial charge >= 0.3 is 0 Å². The van der Waals surface area contributed by atoms with Crippen LogP contribution in [0.15, 0.2) is 78.0 Å². The minimum atomic E-state index is -4.00. The summed E-state index contributed by atoms with van der Waals surface area (Å²) in [6.45, 7) is 2.35. The van der Waals surface area contributed by atoms with Gasteiger partial charge in [-0.1, -0.05) is 35.9 Å². The van der Waals surface area contributed by atoms with E-state index in [0.29, 0.717) is 24.0 Å². The van der Waals surface area contributed by atoms with E-state index >= 15 is 0 Å². The molecule has 0 aliphatic heterocycles. The van der Waals surface area contributed by atoms with Crippen LogP contribution in [0.1, 0.15) is 22.1 Å². The van der Waals surface area contributed by atoms with Crippen LogP contribution in [-0.4, -0.2) is 29.9 Å². The highest BCUT2D eigenvalue weighted by molar-refractivity contribution is 7.92. The number of nitrogens with zero attached hydrogens (tertiary/aromatic N) is 4. The highest BCUT2D eigenvalue weighted by Gasteiger charge is 2.33. The molecule has 1 atom stereocenters. The maximum Gasteiger partial charge on any atom is 0.200 e. The normalized spacial score (nSPS) is 12.2. The lowest BCUT2D eigenvalue weighted by Crippen LogP contribution is -2.18. The summed E-state index contributed by atoms with van der Waals surface area (Å²) >= 11 is 0. The summed E-state index contributed by atoms with van der Waals surface area (Å²) in [5.41, 5.74) is 3.20. The number of rotatable bonds is 7. The molecule has 4 rings (SSSR count). The van der Waals surface area contributed by atoms with E-state index in [1.807, 2.05) is 31.2 Å². The highest BCUT2D eigenvalue weighted by atomic mass is 32.2. The summed E-state index contributed by atoms with van der Waals surface area (Å²) in [6.07, 6.45) is 4.13. The van der Waals surface area contributed by atoms with Gasteiger partial charge in [0.1, 0.15) is 5.69 Å². The molecule has 0 bridgehead atoms. The van der Waals surface area contributed by atoms with Crippen molar-refractivity contribution >= 4 is 26.7 Å². The molecule has 0 unspecified atom stereocenters. The second-order valence-corrected chi connectivity index (χ2v) is 9.38. The van der Waals surface area contributed by atoms with E-state index in [-0.39, 0.29) is 16.4 Å². The van der Waals surface area contributed by atoms with Gasteiger partial charge in [0.2, 0.25) is 9.84 Å². The Morgan fingerprint density at radius 2 is 1.72 bits per heavy atom. The lowest BCUT2D eigenvalue weighted by molar-refractivity contribution is 0.590. The van der Waals surface area contributed by atoms with E-state index in [0.717, 1.165) is 11.1 Å². The van der Waals surface area contributed by atoms with E-state index < -0.39 is 15.1 Å². The molecule has 7 nitrogen and oxygen atoms in total. The maximum absolute atomic E-state index is 13.3. The molecule has 0 fully saturated rings. The van der Waals surface area contributed by atoms with Crippen LogP contribution in [0.4, 0.5) is 5.82 Å². The molecule has 2 aromatic heterocycles. The largest absolute Gasteiger partial charge is 0.368 e. The van der Waals surface area contributed by atoms with Crippen molar-refractivity contribution in [2.24, 2.45) is 0 Å². The Labute approximate surface area is 186 Å². The minimum Gasteiger partial charge on any atom is -0.368 e. The number of pyridine rings is 1. The number of hydrogen-bond acceptors (Lipinski definition) is 7. The molecule has 0 aliphatic carbocycles. The van der Waals surface area contributed by atoms with E-state index in [9.17, 15) is 13.7 Å². The smallest absolute Gasteiger partial charge is 0.200 e. The summed E-state index contributed by atoms with van der Waals surface area (Å²) in [5.74, 6) is 0.287. The molecule has 0 saturated heterocycles. The van der Waals surface area contributed by atoms with E-state index in [1.165, 1.54) is 12.1 Å². The zero-order chi connectivity index (χ0) is 22.6. The van der Waals surface area contributed by atoms with Crippen LogP contribution in [0, 0.1) is 18.3 Å². The van der Waals surface area contributed by atoms with Crippen molar-refractivity contribution in [2.75, 3.05) is 11.9 Å². The summed E-state index contributed by atoms with van der Waals surface area (Å²) < 4.78 is 26.7. The number of hydrogen-bond donors (Lipinski definition) is 1. The molecule has 4 aromatic rings. The molecule has 0 radical (unpaired) electrons. The van der Waals surface area contributed by atoms with E-state index in [4.69, 9.17) is 0 Å². The lowest BCUT2D eigenvalue weighted by atomic mass is 10.2. The number of aryl methyl sites for hydroxylation is 1. The number of benzene rings is 2. The highest BCUT2D eigenvalue weighted by Crippen LogP contribution is 2.32. The van der Waals surface area contributed by atoms with E-state index in [2.05, 4.69) is 20.3 Å². The van der Waals surface area contributed by atoms with Gasteiger partial charge in [-0.05, 0) is 49.2 Å². The molecular formula is C24H21N5O2S. The monoisotopic (exact) mass is 443 g/mol. The first-order chi connectivity index (χ1) is 15.5. The van der Waals surface area contributed by atoms with Crippen LogP contribution < -0.4 is 5.32 Å². The van der Waals surface area contributed by atoms with Gasteiger partial charge in [0, 0.05) is 18.9 Å². The van der Waals surface area contributed by atoms with Crippen molar-refractivity contribution in [3.8, 4) is 6.07 Å². The molecular weight excluding hydrogens is 422 g/mol. The van der Waals surface area contributed by atoms with Crippen molar-refractivity contribution in [1.29, 1.82) is 5.26 Å². The van der Waals surface area contributed by atoms with Crippen LogP contribution >= 0.6 is 0 Å². The lowest BCUT2D eigenvalue weighted by Gasteiger charge is -2.16. The minimum absolute atomic E-state index is 0.0749. The molecule has 0 aliphatic rings. The first-order valence-corrected chi connectivity index (χ1v) is 11.6. The second-order valence-electron chi connectivity index (χ2n) is 7.35. The summed E-state index contributed by atoms with van der Waals surface area (Å²) in [5, 5.41) is 11.6. The standard InChI is InChI=1S/C24H21N5O2S/c1-17-8-10-19(11-9-17)32(30,31)22(15-25)23-24(27-14-12-18-5-4-13-26-16-18)29-21-7-3-2-6-20(21)28-23/h2-11,13,16,22H,12,14H2,1H3,(H,27,29)/t22-/m0/s1. The van der Waals surface area contributed by atoms with E-state index in [1.54, 1.807) is 42.7 Å². The number of aromatic nitrogens is 3. The van der Waals surface area contributed by atoms with Crippen LogP contribution in [0.3, 0.4) is 0 Å². The Balaban J connectivity index is 1.74. The fourth-order valence-corrected chi connectivity index (χ4v) is 4.72. The zero-order valence-corrected chi connectivity index (χ0v) is 18.2. The average Bonchev–Trinajstić information content (AvgIpc) is 2.80. The first kappa shape index (κ1) is 21.4. The average molecular weight is 444 g/mol. The van der Waals surface area contributed by atoms with Crippen LogP contribution in [0.5, 0.6) is 0 Å². The van der Waals surface area contributed by atoms with Crippen LogP contribution in [0.2, 0.25) is 0 Å². The number of sulfone groups is 1. The third kappa shape index (κ3) is 4.43. The molecule has 1 N–H and O–H groups in total. The van der Waals surface area contributed by atoms with Crippen molar-refractivity contribution in [1.82, 2.24) is 15.0 Å². The summed E-state index contributed by atoms with van der Waals surface area (Å²) in [7, 11) is -4.00. The SMILES string of the molecule is Cc1ccc(S(=O)(=O)[C@@H](C#N)c2nc3ccccc3nc2NCCc2cccnc2)cc1. The number of anilines is 1. The fraction of sp³-hybridized carbons (Fsp3) is 0.167. The Hall–Kier alpha value is -3.83. The number of nitrogens with one attached hydrogen (secondary N) is 1. The van der Waals surface area contributed by atoms with Crippen molar-refractivity contribution in [2.45, 2.75) is 23.5 Å². The Kier molecular flexibility index (Phi) is 6.10. The van der Waals surface area contributed by atoms with Gasteiger partial charge in [0.05, 0.1) is 22.0 Å². The van der Waals surface area contributed by atoms with Crippen molar-refractivity contribution in [3.63, 3.8) is 0 Å². The molecule has 2 heterocycles. The molecule has 0 saturated carbocycles. The van der Waals surface area contributed by atoms with Gasteiger partial charge in [-0.15, -0.1) is 0 Å². The Morgan fingerprint density at radius 1 is 1.00 bits per heavy atom. The predicted octanol–water partition coefficient (Wildman–Crippen LogP) is 4.03. The van der Waals surface area contributed by atoms with Gasteiger partial charge in [0.25, 0.3) is 0 Å². The molecule has 160 valence electrons. The van der Waals surface area contributed by atoms with Crippen LogP contribution in [-0.2, 0) is 16.3 Å². The number of nitriles is 1. The molecule has 0 amide bonds. The zero-order valence-electron chi connectivity index (χ0n) is 17.4. The van der Waals surface area contributed by atoms with Gasteiger partial charge in [-0.25, -0.2) is 18.4 Å². The van der Waals surface area contributed by atoms with Gasteiger partial charge < -0.3 is 5.32 Å². The third-order valence-electron chi connectivity index (χ3n) is 5.05. The van der Waals surface area contributed by atoms with Crippen LogP contribution in [0.25, 0.3) is 11.0 Å². The quantitative estimate of drug-likeness (QED) is 0.459. The number of fused-ring (bicyclic) bond motifs is 1. The Morgan fingerprint density at radius 3 is 2.38 bits per heavy atom. The summed E-state index contributed by atoms with van der Waals surface area (Å²) in [6, 6.07) is 19.4. The Bertz CT molecular complexity index is 1380. The van der Waals surface area contributed by atoms with Crippen molar-refractivity contribution < 1.29 is 8.42 Å². The first-order valence-electron chi connectivity index (χ1n) is 10.1. The molecule has 32 heavy (non-hydrogen) atoms. The predicted molar refractivity (Wildman–Crippen MR) is 123 cm³/mol. The van der Waals surface area contributed by atoms with Gasteiger partial charge in [-0.2, -0.15) is 5.26 Å². The fourth-order valence-electron chi connectivity index (χ4n) is 3.34. The van der Waals surface area contributed by atoms with Crippen molar-refractivity contribution in [3.05, 3.63) is 89.9 Å². The maximum atomic E-state index is 13.3. The third-order valence-corrected chi connectivity index (χ3v) is 6.93. The molecule has 0 spiro atoms. The second kappa shape index (κ2) is 9.12.